The molecule has 2 N–H and O–H groups in total. The average Bonchev–Trinajstić information content (AvgIpc) is 2.42. The van der Waals surface area contributed by atoms with Gasteiger partial charge in [-0.15, -0.1) is 0 Å². The molecule has 1 aromatic carbocycles. The number of amides is 1. The standard InChI is InChI=1S/C14H16FNO3/c1-2-16(7-9-18)14(19)12-6-5-11(4-3-8-17)13(15)10-12/h5-6,10,17-18H,2,7-9H2,1H3. The Kier molecular flexibility index (Phi) is 6.00. The molecule has 0 unspecified atom stereocenters. The highest BCUT2D eigenvalue weighted by Gasteiger charge is 2.15. The monoisotopic (exact) mass is 265 g/mol. The third kappa shape index (κ3) is 4.05. The summed E-state index contributed by atoms with van der Waals surface area (Å²) in [5, 5.41) is 17.4. The summed E-state index contributed by atoms with van der Waals surface area (Å²) in [6.45, 7) is 1.95. The van der Waals surface area contributed by atoms with Crippen LogP contribution in [-0.4, -0.2) is 47.3 Å². The Morgan fingerprint density at radius 3 is 2.68 bits per heavy atom. The Hall–Kier alpha value is -1.90. The van der Waals surface area contributed by atoms with E-state index in [0.29, 0.717) is 6.54 Å². The number of carbonyl (C=O) groups is 1. The highest BCUT2D eigenvalue weighted by atomic mass is 19.1. The molecule has 1 rings (SSSR count). The molecule has 0 atom stereocenters. The number of rotatable bonds is 4. The first-order valence-electron chi connectivity index (χ1n) is 5.93. The number of likely N-dealkylation sites (N-methyl/N-ethyl adjacent to an activating group) is 1. The summed E-state index contributed by atoms with van der Waals surface area (Å²) >= 11 is 0. The third-order valence-electron chi connectivity index (χ3n) is 2.56. The van der Waals surface area contributed by atoms with Crippen LogP contribution in [0.1, 0.15) is 22.8 Å². The van der Waals surface area contributed by atoms with E-state index in [0.717, 1.165) is 6.07 Å². The first-order valence-corrected chi connectivity index (χ1v) is 5.93. The molecule has 4 nitrogen and oxygen atoms in total. The van der Waals surface area contributed by atoms with E-state index >= 15 is 0 Å². The van der Waals surface area contributed by atoms with E-state index in [1.807, 2.05) is 0 Å². The van der Waals surface area contributed by atoms with E-state index in [2.05, 4.69) is 11.8 Å². The molecule has 19 heavy (non-hydrogen) atoms. The van der Waals surface area contributed by atoms with Crippen molar-refractivity contribution in [2.24, 2.45) is 0 Å². The number of benzene rings is 1. The number of hydrogen-bond donors (Lipinski definition) is 2. The lowest BCUT2D eigenvalue weighted by Gasteiger charge is -2.19. The lowest BCUT2D eigenvalue weighted by atomic mass is 10.1. The Bertz CT molecular complexity index is 505. The smallest absolute Gasteiger partial charge is 0.254 e. The van der Waals surface area contributed by atoms with Gasteiger partial charge in [-0.25, -0.2) is 4.39 Å². The van der Waals surface area contributed by atoms with E-state index < -0.39 is 5.82 Å². The van der Waals surface area contributed by atoms with Crippen molar-refractivity contribution in [1.29, 1.82) is 0 Å². The lowest BCUT2D eigenvalue weighted by molar-refractivity contribution is 0.0731. The van der Waals surface area contributed by atoms with Crippen molar-refractivity contribution in [2.75, 3.05) is 26.3 Å². The molecule has 0 saturated carbocycles. The second-order valence-electron chi connectivity index (χ2n) is 3.76. The van der Waals surface area contributed by atoms with Crippen molar-refractivity contribution < 1.29 is 19.4 Å². The van der Waals surface area contributed by atoms with Gasteiger partial charge in [-0.1, -0.05) is 11.8 Å². The van der Waals surface area contributed by atoms with Crippen molar-refractivity contribution in [2.45, 2.75) is 6.92 Å². The fourth-order valence-corrected chi connectivity index (χ4v) is 1.59. The molecule has 1 amide bonds. The normalized spacial score (nSPS) is 9.68. The van der Waals surface area contributed by atoms with Crippen LogP contribution in [0.5, 0.6) is 0 Å². The highest BCUT2D eigenvalue weighted by molar-refractivity contribution is 5.94. The van der Waals surface area contributed by atoms with Crippen LogP contribution in [0.25, 0.3) is 0 Å². The minimum absolute atomic E-state index is 0.135. The van der Waals surface area contributed by atoms with Gasteiger partial charge >= 0.3 is 0 Å². The van der Waals surface area contributed by atoms with E-state index in [1.165, 1.54) is 17.0 Å². The lowest BCUT2D eigenvalue weighted by Crippen LogP contribution is -2.33. The number of halogens is 1. The second kappa shape index (κ2) is 7.52. The van der Waals surface area contributed by atoms with Gasteiger partial charge in [-0.3, -0.25) is 4.79 Å². The van der Waals surface area contributed by atoms with E-state index in [-0.39, 0.29) is 36.8 Å². The second-order valence-corrected chi connectivity index (χ2v) is 3.76. The van der Waals surface area contributed by atoms with Gasteiger partial charge in [0, 0.05) is 18.7 Å². The summed E-state index contributed by atoms with van der Waals surface area (Å²) in [5.74, 6) is 3.86. The first-order chi connectivity index (χ1) is 9.13. The number of aliphatic hydroxyl groups excluding tert-OH is 2. The number of hydrogen-bond acceptors (Lipinski definition) is 3. The Morgan fingerprint density at radius 1 is 1.42 bits per heavy atom. The Labute approximate surface area is 111 Å². The zero-order valence-corrected chi connectivity index (χ0v) is 10.7. The van der Waals surface area contributed by atoms with Gasteiger partial charge in [-0.05, 0) is 25.1 Å². The summed E-state index contributed by atoms with van der Waals surface area (Å²) < 4.78 is 13.7. The average molecular weight is 265 g/mol. The molecule has 102 valence electrons. The van der Waals surface area contributed by atoms with Crippen molar-refractivity contribution in [3.8, 4) is 11.8 Å². The van der Waals surface area contributed by atoms with Crippen LogP contribution < -0.4 is 0 Å². The maximum atomic E-state index is 13.7. The number of nitrogens with zero attached hydrogens (tertiary/aromatic N) is 1. The largest absolute Gasteiger partial charge is 0.395 e. The summed E-state index contributed by atoms with van der Waals surface area (Å²) in [7, 11) is 0. The zero-order chi connectivity index (χ0) is 14.3. The quantitative estimate of drug-likeness (QED) is 0.785. The molecule has 0 aromatic heterocycles. The van der Waals surface area contributed by atoms with Crippen LogP contribution in [0, 0.1) is 17.7 Å². The molecule has 0 bridgehead atoms. The summed E-state index contributed by atoms with van der Waals surface area (Å²) in [6, 6.07) is 3.99. The van der Waals surface area contributed by atoms with Crippen LogP contribution in [0.3, 0.4) is 0 Å². The molecule has 5 heteroatoms. The van der Waals surface area contributed by atoms with E-state index in [1.54, 1.807) is 6.92 Å². The van der Waals surface area contributed by atoms with Crippen LogP contribution in [0.15, 0.2) is 18.2 Å². The van der Waals surface area contributed by atoms with Crippen LogP contribution in [0.4, 0.5) is 4.39 Å². The number of carbonyl (C=O) groups excluding carboxylic acids is 1. The van der Waals surface area contributed by atoms with Gasteiger partial charge < -0.3 is 15.1 Å². The predicted molar refractivity (Wildman–Crippen MR) is 69.0 cm³/mol. The van der Waals surface area contributed by atoms with Crippen molar-refractivity contribution >= 4 is 5.91 Å². The molecule has 0 aliphatic carbocycles. The molecule has 1 aromatic rings. The molecule has 0 aliphatic rings. The van der Waals surface area contributed by atoms with Crippen molar-refractivity contribution in [1.82, 2.24) is 4.90 Å². The molecule has 0 saturated heterocycles. The van der Waals surface area contributed by atoms with E-state index in [4.69, 9.17) is 10.2 Å². The fourth-order valence-electron chi connectivity index (χ4n) is 1.59. The van der Waals surface area contributed by atoms with Crippen molar-refractivity contribution in [3.63, 3.8) is 0 Å². The molecule has 0 aliphatic heterocycles. The minimum Gasteiger partial charge on any atom is -0.395 e. The zero-order valence-electron chi connectivity index (χ0n) is 10.7. The van der Waals surface area contributed by atoms with Gasteiger partial charge in [0.2, 0.25) is 0 Å². The third-order valence-corrected chi connectivity index (χ3v) is 2.56. The molecule has 0 radical (unpaired) electrons. The van der Waals surface area contributed by atoms with Gasteiger partial charge in [0.05, 0.1) is 12.2 Å². The van der Waals surface area contributed by atoms with Crippen LogP contribution >= 0.6 is 0 Å². The first kappa shape index (κ1) is 15.2. The predicted octanol–water partition coefficient (Wildman–Crippen LogP) is 0.624. The fraction of sp³-hybridized carbons (Fsp3) is 0.357. The Balaban J connectivity index is 2.96. The molecule has 0 heterocycles. The topological polar surface area (TPSA) is 60.8 Å². The van der Waals surface area contributed by atoms with Gasteiger partial charge in [0.1, 0.15) is 12.4 Å². The maximum Gasteiger partial charge on any atom is 0.254 e. The van der Waals surface area contributed by atoms with Gasteiger partial charge in [-0.2, -0.15) is 0 Å². The van der Waals surface area contributed by atoms with Crippen molar-refractivity contribution in [3.05, 3.63) is 35.1 Å². The van der Waals surface area contributed by atoms with Gasteiger partial charge in [0.15, 0.2) is 0 Å². The highest BCUT2D eigenvalue weighted by Crippen LogP contribution is 2.11. The molecular weight excluding hydrogens is 249 g/mol. The molecule has 0 spiro atoms. The minimum atomic E-state index is -0.605. The number of aliphatic hydroxyl groups is 2. The van der Waals surface area contributed by atoms with Gasteiger partial charge in [0.25, 0.3) is 5.91 Å². The summed E-state index contributed by atoms with van der Waals surface area (Å²) in [4.78, 5) is 13.4. The maximum absolute atomic E-state index is 13.7. The van der Waals surface area contributed by atoms with E-state index in [9.17, 15) is 9.18 Å². The summed E-state index contributed by atoms with van der Waals surface area (Å²) in [6.07, 6.45) is 0. The Morgan fingerprint density at radius 2 is 2.16 bits per heavy atom. The summed E-state index contributed by atoms with van der Waals surface area (Å²) in [5.41, 5.74) is 0.346. The van der Waals surface area contributed by atoms with Crippen LogP contribution in [-0.2, 0) is 0 Å². The molecular formula is C14H16FNO3. The van der Waals surface area contributed by atoms with Crippen LogP contribution in [0.2, 0.25) is 0 Å². The molecule has 0 fully saturated rings. The SMILES string of the molecule is CCN(CCO)C(=O)c1ccc(C#CCO)c(F)c1.